The van der Waals surface area contributed by atoms with Crippen molar-refractivity contribution in [1.29, 1.82) is 0 Å². The van der Waals surface area contributed by atoms with Gasteiger partial charge in [-0.1, -0.05) is 13.8 Å². The third kappa shape index (κ3) is 3.99. The fourth-order valence-corrected chi connectivity index (χ4v) is 3.53. The van der Waals surface area contributed by atoms with Gasteiger partial charge in [-0.25, -0.2) is 9.97 Å². The average Bonchev–Trinajstić information content (AvgIpc) is 3.18. The molecule has 0 radical (unpaired) electrons. The van der Waals surface area contributed by atoms with Crippen molar-refractivity contribution in [3.63, 3.8) is 0 Å². The van der Waals surface area contributed by atoms with Crippen molar-refractivity contribution in [3.05, 3.63) is 47.1 Å². The van der Waals surface area contributed by atoms with E-state index in [4.69, 9.17) is 0 Å². The number of anilines is 1. The zero-order valence-electron chi connectivity index (χ0n) is 15.5. The van der Waals surface area contributed by atoms with Crippen molar-refractivity contribution < 1.29 is 4.79 Å². The van der Waals surface area contributed by atoms with Gasteiger partial charge in [0.15, 0.2) is 5.13 Å². The number of amides is 1. The topological polar surface area (TPSA) is 72.7 Å². The molecule has 3 heterocycles. The molecule has 3 aromatic rings. The summed E-state index contributed by atoms with van der Waals surface area (Å²) in [7, 11) is 0. The smallest absolute Gasteiger partial charge is 0.277 e. The highest BCUT2D eigenvalue weighted by atomic mass is 32.1. The molecule has 0 saturated heterocycles. The van der Waals surface area contributed by atoms with Gasteiger partial charge in [-0.3, -0.25) is 15.1 Å². The summed E-state index contributed by atoms with van der Waals surface area (Å²) in [6, 6.07) is 2.17. The van der Waals surface area contributed by atoms with E-state index in [0.29, 0.717) is 11.0 Å². The van der Waals surface area contributed by atoms with Crippen LogP contribution in [0.25, 0.3) is 11.3 Å². The summed E-state index contributed by atoms with van der Waals surface area (Å²) in [5.74, 6) is 0.364. The first-order valence-corrected chi connectivity index (χ1v) is 9.53. The van der Waals surface area contributed by atoms with Crippen molar-refractivity contribution >= 4 is 22.4 Å². The Labute approximate surface area is 157 Å². The summed E-state index contributed by atoms with van der Waals surface area (Å²) in [5, 5.41) is 5.32. The van der Waals surface area contributed by atoms with E-state index in [0.717, 1.165) is 24.2 Å². The molecule has 0 aromatic carbocycles. The Morgan fingerprint density at radius 3 is 2.81 bits per heavy atom. The largest absolute Gasteiger partial charge is 0.348 e. The van der Waals surface area contributed by atoms with E-state index in [1.165, 1.54) is 41.3 Å². The number of rotatable bonds is 6. The number of nitrogens with one attached hydrogen (secondary N) is 1. The summed E-state index contributed by atoms with van der Waals surface area (Å²) in [5.41, 5.74) is 4.71. The van der Waals surface area contributed by atoms with Gasteiger partial charge in [-0.05, 0) is 32.3 Å². The van der Waals surface area contributed by atoms with Crippen molar-refractivity contribution in [2.45, 2.75) is 40.7 Å². The molecule has 3 rings (SSSR count). The lowest BCUT2D eigenvalue weighted by Gasteiger charge is -2.11. The van der Waals surface area contributed by atoms with E-state index in [1.54, 1.807) is 0 Å². The molecule has 26 heavy (non-hydrogen) atoms. The zero-order valence-corrected chi connectivity index (χ0v) is 16.3. The molecular formula is C19H23N5OS. The van der Waals surface area contributed by atoms with Crippen molar-refractivity contribution in [2.24, 2.45) is 5.92 Å². The Morgan fingerprint density at radius 2 is 2.12 bits per heavy atom. The number of aromatic nitrogens is 4. The van der Waals surface area contributed by atoms with E-state index in [-0.39, 0.29) is 11.6 Å². The maximum absolute atomic E-state index is 12.2. The number of aryl methyl sites for hydroxylation is 1. The molecule has 0 fully saturated rings. The second-order valence-electron chi connectivity index (χ2n) is 6.70. The quantitative estimate of drug-likeness (QED) is 0.702. The maximum Gasteiger partial charge on any atom is 0.277 e. The van der Waals surface area contributed by atoms with Crippen LogP contribution in [0, 0.1) is 19.8 Å². The van der Waals surface area contributed by atoms with Gasteiger partial charge < -0.3 is 4.57 Å². The Kier molecular flexibility index (Phi) is 5.46. The fourth-order valence-electron chi connectivity index (χ4n) is 2.82. The van der Waals surface area contributed by atoms with Crippen LogP contribution in [0.1, 0.15) is 42.1 Å². The maximum atomic E-state index is 12.2. The van der Waals surface area contributed by atoms with Gasteiger partial charge in [-0.2, -0.15) is 0 Å². The minimum absolute atomic E-state index is 0.274. The summed E-state index contributed by atoms with van der Waals surface area (Å²) < 4.78 is 2.34. The van der Waals surface area contributed by atoms with Crippen LogP contribution in [-0.4, -0.2) is 25.4 Å². The minimum atomic E-state index is -0.304. The molecule has 0 aliphatic heterocycles. The Balaban J connectivity index is 1.78. The standard InChI is InChI=1S/C19H23N5OS/c1-12(2)5-8-24-13(3)9-15(14(24)4)17-11-26-19(22-17)23-18(25)16-10-20-6-7-21-16/h6-7,9-12H,5,8H2,1-4H3,(H,22,23,25). The molecule has 0 saturated carbocycles. The van der Waals surface area contributed by atoms with Crippen LogP contribution in [0.15, 0.2) is 30.0 Å². The lowest BCUT2D eigenvalue weighted by molar-refractivity contribution is 0.102. The first-order chi connectivity index (χ1) is 12.5. The first kappa shape index (κ1) is 18.3. The Hall–Kier alpha value is -2.54. The van der Waals surface area contributed by atoms with Crippen LogP contribution in [0.3, 0.4) is 0 Å². The highest BCUT2D eigenvalue weighted by Crippen LogP contribution is 2.30. The predicted octanol–water partition coefficient (Wildman–Crippen LogP) is 4.32. The van der Waals surface area contributed by atoms with Gasteiger partial charge in [0.2, 0.25) is 0 Å². The molecule has 0 atom stereocenters. The number of thiazole rings is 1. The molecule has 3 aromatic heterocycles. The van der Waals surface area contributed by atoms with E-state index < -0.39 is 0 Å². The van der Waals surface area contributed by atoms with Crippen LogP contribution in [0.4, 0.5) is 5.13 Å². The lowest BCUT2D eigenvalue weighted by Crippen LogP contribution is -2.13. The van der Waals surface area contributed by atoms with Crippen molar-refractivity contribution in [1.82, 2.24) is 19.5 Å². The van der Waals surface area contributed by atoms with Gasteiger partial charge >= 0.3 is 0 Å². The molecule has 0 spiro atoms. The fraction of sp³-hybridized carbons (Fsp3) is 0.368. The number of hydrogen-bond donors (Lipinski definition) is 1. The second-order valence-corrected chi connectivity index (χ2v) is 7.56. The van der Waals surface area contributed by atoms with E-state index >= 15 is 0 Å². The molecule has 0 aliphatic rings. The molecule has 1 amide bonds. The molecule has 7 heteroatoms. The minimum Gasteiger partial charge on any atom is -0.348 e. The van der Waals surface area contributed by atoms with Gasteiger partial charge in [-0.15, -0.1) is 11.3 Å². The van der Waals surface area contributed by atoms with Crippen LogP contribution in [0.2, 0.25) is 0 Å². The SMILES string of the molecule is Cc1cc(-c2csc(NC(=O)c3cnccn3)n2)c(C)n1CCC(C)C. The molecule has 6 nitrogen and oxygen atoms in total. The van der Waals surface area contributed by atoms with Crippen molar-refractivity contribution in [3.8, 4) is 11.3 Å². The molecule has 136 valence electrons. The second kappa shape index (κ2) is 7.78. The average molecular weight is 369 g/mol. The van der Waals surface area contributed by atoms with Crippen LogP contribution < -0.4 is 5.32 Å². The zero-order chi connectivity index (χ0) is 18.7. The van der Waals surface area contributed by atoms with Crippen LogP contribution >= 0.6 is 11.3 Å². The van der Waals surface area contributed by atoms with Gasteiger partial charge in [0.05, 0.1) is 11.9 Å². The third-order valence-electron chi connectivity index (χ3n) is 4.30. The normalized spacial score (nSPS) is 11.1. The molecular weight excluding hydrogens is 346 g/mol. The number of nitrogens with zero attached hydrogens (tertiary/aromatic N) is 4. The van der Waals surface area contributed by atoms with E-state index in [9.17, 15) is 4.79 Å². The van der Waals surface area contributed by atoms with E-state index in [2.05, 4.69) is 58.6 Å². The summed E-state index contributed by atoms with van der Waals surface area (Å²) >= 11 is 1.41. The van der Waals surface area contributed by atoms with Crippen LogP contribution in [0.5, 0.6) is 0 Å². The van der Waals surface area contributed by atoms with Crippen LogP contribution in [-0.2, 0) is 6.54 Å². The number of carbonyl (C=O) groups excluding carboxylic acids is 1. The summed E-state index contributed by atoms with van der Waals surface area (Å²) in [4.78, 5) is 24.7. The van der Waals surface area contributed by atoms with E-state index in [1.807, 2.05) is 5.38 Å². The lowest BCUT2D eigenvalue weighted by atomic mass is 10.1. The molecule has 0 aliphatic carbocycles. The monoisotopic (exact) mass is 369 g/mol. The summed E-state index contributed by atoms with van der Waals surface area (Å²) in [6.45, 7) is 9.73. The molecule has 0 unspecified atom stereocenters. The first-order valence-electron chi connectivity index (χ1n) is 8.65. The Morgan fingerprint density at radius 1 is 1.31 bits per heavy atom. The number of hydrogen-bond acceptors (Lipinski definition) is 5. The van der Waals surface area contributed by atoms with Gasteiger partial charge in [0.25, 0.3) is 5.91 Å². The highest BCUT2D eigenvalue weighted by molar-refractivity contribution is 7.14. The predicted molar refractivity (Wildman–Crippen MR) is 104 cm³/mol. The molecule has 1 N–H and O–H groups in total. The Bertz CT molecular complexity index is 898. The molecule has 0 bridgehead atoms. The highest BCUT2D eigenvalue weighted by Gasteiger charge is 2.15. The summed E-state index contributed by atoms with van der Waals surface area (Å²) in [6.07, 6.45) is 5.61. The third-order valence-corrected chi connectivity index (χ3v) is 5.06. The van der Waals surface area contributed by atoms with Crippen molar-refractivity contribution in [2.75, 3.05) is 5.32 Å². The van der Waals surface area contributed by atoms with Gasteiger partial charge in [0, 0.05) is 41.3 Å². The van der Waals surface area contributed by atoms with Gasteiger partial charge in [0.1, 0.15) is 5.69 Å². The number of carbonyl (C=O) groups is 1.